The van der Waals surface area contributed by atoms with Crippen LogP contribution in [0.4, 0.5) is 0 Å². The van der Waals surface area contributed by atoms with Gasteiger partial charge < -0.3 is 45.1 Å². The molecule has 1 fully saturated rings. The Bertz CT molecular complexity index is 1700. The van der Waals surface area contributed by atoms with Crippen LogP contribution in [0.1, 0.15) is 406 Å². The normalized spacial score (nSPS) is 17.6. The van der Waals surface area contributed by atoms with Crippen LogP contribution in [-0.2, 0) is 23.8 Å². The summed E-state index contributed by atoms with van der Waals surface area (Å²) in [6.07, 6.45) is 86.0. The number of aliphatic hydroxyl groups is 5. The molecule has 0 spiro atoms. The molecule has 0 radical (unpaired) electrons. The first-order valence-electron chi connectivity index (χ1n) is 40.9. The fraction of sp³-hybridized carbons (Fsp3) is 0.880. The van der Waals surface area contributed by atoms with Gasteiger partial charge >= 0.3 is 5.97 Å². The Morgan fingerprint density at radius 3 is 1.10 bits per heavy atom. The van der Waals surface area contributed by atoms with Crippen molar-refractivity contribution in [1.29, 1.82) is 0 Å². The Labute approximate surface area is 580 Å². The molecule has 1 rings (SSSR count). The third-order valence-corrected chi connectivity index (χ3v) is 19.4. The zero-order valence-corrected chi connectivity index (χ0v) is 61.7. The molecular weight excluding hydrogens is 1170 g/mol. The molecule has 6 N–H and O–H groups in total. The quantitative estimate of drug-likeness (QED) is 0.0195. The molecule has 94 heavy (non-hydrogen) atoms. The lowest BCUT2D eigenvalue weighted by molar-refractivity contribution is -0.302. The number of unbranched alkanes of at least 4 members (excludes halogenated alkanes) is 53. The largest absolute Gasteiger partial charge is 0.466 e. The van der Waals surface area contributed by atoms with E-state index in [0.717, 1.165) is 70.6 Å². The van der Waals surface area contributed by atoms with E-state index in [0.29, 0.717) is 19.4 Å². The number of amides is 1. The molecule has 7 atom stereocenters. The lowest BCUT2D eigenvalue weighted by Gasteiger charge is -2.40. The topological polar surface area (TPSA) is 175 Å². The van der Waals surface area contributed by atoms with E-state index < -0.39 is 49.5 Å². The van der Waals surface area contributed by atoms with E-state index in [1.807, 2.05) is 6.08 Å². The van der Waals surface area contributed by atoms with Crippen molar-refractivity contribution in [3.63, 3.8) is 0 Å². The predicted octanol–water partition coefficient (Wildman–Crippen LogP) is 22.3. The number of rotatable bonds is 73. The summed E-state index contributed by atoms with van der Waals surface area (Å²) in [4.78, 5) is 25.2. The third-order valence-electron chi connectivity index (χ3n) is 19.4. The lowest BCUT2D eigenvalue weighted by Crippen LogP contribution is -2.60. The van der Waals surface area contributed by atoms with Crippen LogP contribution in [0.2, 0.25) is 0 Å². The molecule has 1 saturated heterocycles. The molecule has 7 unspecified atom stereocenters. The molecule has 0 aromatic heterocycles. The van der Waals surface area contributed by atoms with E-state index in [1.165, 1.54) is 308 Å². The fourth-order valence-corrected chi connectivity index (χ4v) is 13.0. The van der Waals surface area contributed by atoms with Crippen molar-refractivity contribution in [1.82, 2.24) is 5.32 Å². The number of allylic oxidation sites excluding steroid dienone is 7. The first kappa shape index (κ1) is 89.6. The van der Waals surface area contributed by atoms with Gasteiger partial charge in [0.05, 0.1) is 32.0 Å². The molecule has 1 heterocycles. The Morgan fingerprint density at radius 1 is 0.383 bits per heavy atom. The summed E-state index contributed by atoms with van der Waals surface area (Å²) in [7, 11) is 0. The summed E-state index contributed by atoms with van der Waals surface area (Å²) < 4.78 is 16.7. The Morgan fingerprint density at radius 2 is 0.713 bits per heavy atom. The number of esters is 1. The van der Waals surface area contributed by atoms with E-state index in [1.54, 1.807) is 6.08 Å². The molecule has 11 heteroatoms. The summed E-state index contributed by atoms with van der Waals surface area (Å²) in [5.41, 5.74) is 0. The van der Waals surface area contributed by atoms with Crippen molar-refractivity contribution >= 4 is 11.9 Å². The molecule has 0 aromatic rings. The van der Waals surface area contributed by atoms with Crippen LogP contribution in [0, 0.1) is 0 Å². The van der Waals surface area contributed by atoms with Crippen LogP contribution in [0.5, 0.6) is 0 Å². The zero-order valence-electron chi connectivity index (χ0n) is 61.7. The van der Waals surface area contributed by atoms with Crippen LogP contribution >= 0.6 is 0 Å². The lowest BCUT2D eigenvalue weighted by atomic mass is 9.99. The van der Waals surface area contributed by atoms with Gasteiger partial charge in [-0.1, -0.05) is 364 Å². The Hall–Kier alpha value is -2.38. The van der Waals surface area contributed by atoms with Gasteiger partial charge in [-0.15, -0.1) is 0 Å². The molecule has 0 aliphatic carbocycles. The minimum Gasteiger partial charge on any atom is -0.466 e. The predicted molar refractivity (Wildman–Crippen MR) is 398 cm³/mol. The van der Waals surface area contributed by atoms with Gasteiger partial charge in [0.15, 0.2) is 6.29 Å². The number of aliphatic hydroxyl groups excluding tert-OH is 5. The standard InChI is InChI=1S/C83H155NO10/c1-3-5-7-9-11-13-15-16-17-44-47-51-55-59-63-67-71-79(88)92-72-68-64-60-56-52-48-45-42-40-38-36-34-32-30-28-26-24-22-20-18-19-21-23-25-27-29-31-33-35-37-39-41-43-46-50-54-58-62-66-70-78(87)84-75(74-93-83-82(91)81(90)80(89)77(73-85)94-83)76(86)69-65-61-57-53-49-14-12-10-8-6-4-2/h8,10,18-19,49,53,65,69,75-77,80-83,85-86,89-91H,3-7,9,11-17,20-48,50-52,54-64,66-68,70-74H2,1-2H3,(H,84,87)/b10-8+,19-18-,53-49+,69-65+. The Balaban J connectivity index is 1.86. The van der Waals surface area contributed by atoms with Crippen LogP contribution in [0.25, 0.3) is 0 Å². The first-order valence-corrected chi connectivity index (χ1v) is 40.9. The number of nitrogens with one attached hydrogen (secondary N) is 1. The molecule has 11 nitrogen and oxygen atoms in total. The second-order valence-electron chi connectivity index (χ2n) is 28.5. The third kappa shape index (κ3) is 59.7. The van der Waals surface area contributed by atoms with Crippen LogP contribution in [-0.4, -0.2) is 100 Å². The summed E-state index contributed by atoms with van der Waals surface area (Å²) in [5.74, 6) is -0.172. The van der Waals surface area contributed by atoms with Crippen molar-refractivity contribution in [2.75, 3.05) is 19.8 Å². The van der Waals surface area contributed by atoms with Gasteiger partial charge in [-0.25, -0.2) is 0 Å². The second kappa shape index (κ2) is 71.9. The van der Waals surface area contributed by atoms with Crippen LogP contribution in [0.15, 0.2) is 48.6 Å². The highest BCUT2D eigenvalue weighted by atomic mass is 16.7. The van der Waals surface area contributed by atoms with Gasteiger partial charge in [-0.3, -0.25) is 9.59 Å². The van der Waals surface area contributed by atoms with E-state index in [2.05, 4.69) is 55.6 Å². The summed E-state index contributed by atoms with van der Waals surface area (Å²) in [6, 6.07) is -0.831. The molecule has 0 bridgehead atoms. The maximum Gasteiger partial charge on any atom is 0.305 e. The van der Waals surface area contributed by atoms with Crippen molar-refractivity contribution in [3.8, 4) is 0 Å². The molecular formula is C83H155NO10. The number of ether oxygens (including phenoxy) is 3. The summed E-state index contributed by atoms with van der Waals surface area (Å²) in [6.45, 7) is 4.30. The van der Waals surface area contributed by atoms with Gasteiger partial charge in [0.1, 0.15) is 24.4 Å². The van der Waals surface area contributed by atoms with Gasteiger partial charge in [0.2, 0.25) is 5.91 Å². The van der Waals surface area contributed by atoms with Gasteiger partial charge in [0.25, 0.3) is 0 Å². The van der Waals surface area contributed by atoms with E-state index in [4.69, 9.17) is 14.2 Å². The minimum atomic E-state index is -1.58. The summed E-state index contributed by atoms with van der Waals surface area (Å²) >= 11 is 0. The monoisotopic (exact) mass is 1330 g/mol. The number of hydrogen-bond donors (Lipinski definition) is 6. The number of carbonyl (C=O) groups excluding carboxylic acids is 2. The maximum absolute atomic E-state index is 13.1. The fourth-order valence-electron chi connectivity index (χ4n) is 13.0. The van der Waals surface area contributed by atoms with Gasteiger partial charge in [-0.2, -0.15) is 0 Å². The van der Waals surface area contributed by atoms with E-state index >= 15 is 0 Å². The van der Waals surface area contributed by atoms with Crippen molar-refractivity contribution in [2.24, 2.45) is 0 Å². The number of hydrogen-bond acceptors (Lipinski definition) is 10. The van der Waals surface area contributed by atoms with E-state index in [-0.39, 0.29) is 18.5 Å². The molecule has 0 saturated carbocycles. The minimum absolute atomic E-state index is 0.0205. The second-order valence-corrected chi connectivity index (χ2v) is 28.5. The highest BCUT2D eigenvalue weighted by molar-refractivity contribution is 5.76. The van der Waals surface area contributed by atoms with Gasteiger partial charge in [-0.05, 0) is 77.0 Å². The van der Waals surface area contributed by atoms with E-state index in [9.17, 15) is 35.1 Å². The van der Waals surface area contributed by atoms with Crippen molar-refractivity contribution < 1.29 is 49.3 Å². The summed E-state index contributed by atoms with van der Waals surface area (Å²) in [5, 5.41) is 54.4. The van der Waals surface area contributed by atoms with Crippen molar-refractivity contribution in [2.45, 2.75) is 448 Å². The maximum atomic E-state index is 13.1. The van der Waals surface area contributed by atoms with Gasteiger partial charge in [0, 0.05) is 12.8 Å². The van der Waals surface area contributed by atoms with Crippen LogP contribution in [0.3, 0.4) is 0 Å². The number of carbonyl (C=O) groups is 2. The smallest absolute Gasteiger partial charge is 0.305 e. The molecule has 1 amide bonds. The average molecular weight is 1330 g/mol. The highest BCUT2D eigenvalue weighted by Crippen LogP contribution is 2.24. The molecule has 1 aliphatic rings. The highest BCUT2D eigenvalue weighted by Gasteiger charge is 2.44. The molecule has 0 aromatic carbocycles. The molecule has 552 valence electrons. The molecule has 1 aliphatic heterocycles. The van der Waals surface area contributed by atoms with Crippen molar-refractivity contribution in [3.05, 3.63) is 48.6 Å². The first-order chi connectivity index (χ1) is 46.2. The van der Waals surface area contributed by atoms with Crippen LogP contribution < -0.4 is 5.32 Å². The zero-order chi connectivity index (χ0) is 67.9. The Kier molecular flexibility index (Phi) is 68.5. The SMILES string of the molecule is CCC/C=C/CC/C=C/CC/C=C/C(O)C(COC1OC(CO)C(O)C(O)C1O)NC(=O)CCCCCCCCCCCCCCCCCCC/C=C\CCCCCCCCCCCCCCCCCCCCOC(=O)CCCCCCCCCCCCCCCCCC. The average Bonchev–Trinajstić information content (AvgIpc) is 1.04.